The summed E-state index contributed by atoms with van der Waals surface area (Å²) in [7, 11) is 0. The second-order valence-electron chi connectivity index (χ2n) is 5.16. The van der Waals surface area contributed by atoms with E-state index in [9.17, 15) is 10.0 Å². The Morgan fingerprint density at radius 2 is 1.82 bits per heavy atom. The van der Waals surface area contributed by atoms with E-state index in [-0.39, 0.29) is 5.91 Å². The van der Waals surface area contributed by atoms with E-state index in [0.717, 1.165) is 0 Å². The number of carbonyl (C=O) groups excluding carboxylic acids is 1. The fourth-order valence-electron chi connectivity index (χ4n) is 2.65. The Morgan fingerprint density at radius 3 is 2.59 bits per heavy atom. The molecule has 1 aliphatic heterocycles. The van der Waals surface area contributed by atoms with Gasteiger partial charge >= 0.3 is 0 Å². The Hall–Kier alpha value is -3.08. The van der Waals surface area contributed by atoms with Crippen molar-refractivity contribution in [3.8, 4) is 5.75 Å². The molecule has 1 aliphatic carbocycles. The molecule has 0 saturated carbocycles. The Morgan fingerprint density at radius 1 is 1.09 bits per heavy atom. The monoisotopic (exact) mass is 292 g/mol. The molecule has 0 spiro atoms. The van der Waals surface area contributed by atoms with Crippen LogP contribution in [0.2, 0.25) is 0 Å². The van der Waals surface area contributed by atoms with E-state index in [1.807, 2.05) is 30.3 Å². The molecule has 0 fully saturated rings. The summed E-state index contributed by atoms with van der Waals surface area (Å²) in [5.41, 5.74) is 1.15. The topological polar surface area (TPSA) is 70.9 Å². The van der Waals surface area contributed by atoms with Gasteiger partial charge in [0, 0.05) is 16.8 Å². The molecule has 2 aliphatic rings. The standard InChI is InChI=1S/C17H12N2O3/c20-16(18-11-6-2-1-3-7-11)17-10-13(17)15(19-21)12-8-4-5-9-14(12)22-17/h1-10,21H,(H,18,20). The molecule has 0 bridgehead atoms. The normalized spacial score (nSPS) is 22.9. The van der Waals surface area contributed by atoms with Crippen LogP contribution in [0.1, 0.15) is 5.56 Å². The van der Waals surface area contributed by atoms with Gasteiger partial charge < -0.3 is 15.3 Å². The van der Waals surface area contributed by atoms with Crippen molar-refractivity contribution in [3.63, 3.8) is 0 Å². The number of amides is 1. The molecule has 0 saturated heterocycles. The summed E-state index contributed by atoms with van der Waals surface area (Å²) in [5.74, 6) is 0.223. The van der Waals surface area contributed by atoms with E-state index in [2.05, 4.69) is 10.5 Å². The Labute approximate surface area is 126 Å². The predicted octanol–water partition coefficient (Wildman–Crippen LogP) is 2.57. The van der Waals surface area contributed by atoms with E-state index in [1.54, 1.807) is 30.3 Å². The number of hydrogen-bond acceptors (Lipinski definition) is 4. The summed E-state index contributed by atoms with van der Waals surface area (Å²) in [6, 6.07) is 16.3. The number of fused-ring (bicyclic) bond motifs is 2. The van der Waals surface area contributed by atoms with Crippen molar-refractivity contribution in [2.24, 2.45) is 5.16 Å². The molecule has 1 atom stereocenters. The molecule has 1 heterocycles. The number of anilines is 1. The van der Waals surface area contributed by atoms with E-state index < -0.39 is 5.60 Å². The van der Waals surface area contributed by atoms with Gasteiger partial charge in [-0.3, -0.25) is 4.79 Å². The predicted molar refractivity (Wildman–Crippen MR) is 81.3 cm³/mol. The second-order valence-corrected chi connectivity index (χ2v) is 5.16. The van der Waals surface area contributed by atoms with Crippen LogP contribution in [0.5, 0.6) is 5.75 Å². The minimum atomic E-state index is -1.17. The molecule has 1 amide bonds. The zero-order valence-corrected chi connectivity index (χ0v) is 11.5. The molecule has 0 aromatic heterocycles. The summed E-state index contributed by atoms with van der Waals surface area (Å²) in [6.45, 7) is 0. The minimum Gasteiger partial charge on any atom is -0.468 e. The van der Waals surface area contributed by atoms with Crippen molar-refractivity contribution in [2.45, 2.75) is 5.60 Å². The van der Waals surface area contributed by atoms with Crippen LogP contribution in [-0.4, -0.2) is 22.4 Å². The lowest BCUT2D eigenvalue weighted by atomic mass is 9.99. The van der Waals surface area contributed by atoms with E-state index in [4.69, 9.17) is 4.74 Å². The van der Waals surface area contributed by atoms with Crippen LogP contribution in [0.3, 0.4) is 0 Å². The number of rotatable bonds is 2. The first-order valence-electron chi connectivity index (χ1n) is 6.85. The van der Waals surface area contributed by atoms with Crippen LogP contribution in [0.4, 0.5) is 5.69 Å². The van der Waals surface area contributed by atoms with Crippen molar-refractivity contribution in [1.29, 1.82) is 0 Å². The molecule has 4 rings (SSSR count). The maximum absolute atomic E-state index is 12.6. The first-order valence-corrected chi connectivity index (χ1v) is 6.85. The molecule has 5 nitrogen and oxygen atoms in total. The summed E-state index contributed by atoms with van der Waals surface area (Å²) in [4.78, 5) is 12.6. The highest BCUT2D eigenvalue weighted by atomic mass is 16.5. The molecule has 2 aromatic carbocycles. The summed E-state index contributed by atoms with van der Waals surface area (Å²) in [5, 5.41) is 15.4. The van der Waals surface area contributed by atoms with Gasteiger partial charge in [-0.2, -0.15) is 0 Å². The van der Waals surface area contributed by atoms with Gasteiger partial charge in [0.05, 0.1) is 0 Å². The van der Waals surface area contributed by atoms with Gasteiger partial charge in [0.15, 0.2) is 0 Å². The van der Waals surface area contributed by atoms with Crippen molar-refractivity contribution in [3.05, 3.63) is 71.8 Å². The van der Waals surface area contributed by atoms with Crippen LogP contribution in [0.25, 0.3) is 0 Å². The zero-order valence-electron chi connectivity index (χ0n) is 11.5. The number of para-hydroxylation sites is 2. The average molecular weight is 292 g/mol. The number of benzene rings is 2. The molecule has 2 aromatic rings. The lowest BCUT2D eigenvalue weighted by Gasteiger charge is -2.26. The molecular formula is C17H12N2O3. The third-order valence-electron chi connectivity index (χ3n) is 3.80. The van der Waals surface area contributed by atoms with Crippen LogP contribution in [0.15, 0.2) is 71.4 Å². The highest BCUT2D eigenvalue weighted by molar-refractivity contribution is 6.27. The van der Waals surface area contributed by atoms with Crippen molar-refractivity contribution < 1.29 is 14.7 Å². The van der Waals surface area contributed by atoms with E-state index in [1.165, 1.54) is 0 Å². The molecule has 2 N–H and O–H groups in total. The Bertz CT molecular complexity index is 827. The quantitative estimate of drug-likeness (QED) is 0.660. The second kappa shape index (κ2) is 4.46. The third kappa shape index (κ3) is 1.72. The number of ether oxygens (including phenoxy) is 1. The van der Waals surface area contributed by atoms with Crippen LogP contribution in [0, 0.1) is 0 Å². The van der Waals surface area contributed by atoms with Gasteiger partial charge in [-0.25, -0.2) is 0 Å². The van der Waals surface area contributed by atoms with Crippen LogP contribution < -0.4 is 10.1 Å². The Kier molecular flexibility index (Phi) is 2.56. The van der Waals surface area contributed by atoms with E-state index in [0.29, 0.717) is 28.3 Å². The first kappa shape index (κ1) is 12.6. The number of nitrogens with one attached hydrogen (secondary N) is 1. The lowest BCUT2D eigenvalue weighted by Crippen LogP contribution is -2.42. The zero-order chi connectivity index (χ0) is 15.2. The highest BCUT2D eigenvalue weighted by Crippen LogP contribution is 2.48. The fraction of sp³-hybridized carbons (Fsp3) is 0.0588. The van der Waals surface area contributed by atoms with Crippen LogP contribution in [-0.2, 0) is 4.79 Å². The van der Waals surface area contributed by atoms with Gasteiger partial charge in [-0.05, 0) is 30.3 Å². The number of hydrogen-bond donors (Lipinski definition) is 2. The van der Waals surface area contributed by atoms with Gasteiger partial charge in [-0.15, -0.1) is 0 Å². The number of nitrogens with zero attached hydrogens (tertiary/aromatic N) is 1. The molecular weight excluding hydrogens is 280 g/mol. The Balaban J connectivity index is 1.67. The molecule has 5 heteroatoms. The average Bonchev–Trinajstić information content (AvgIpc) is 3.29. The van der Waals surface area contributed by atoms with Gasteiger partial charge in [0.25, 0.3) is 5.91 Å². The van der Waals surface area contributed by atoms with Gasteiger partial charge in [-0.1, -0.05) is 35.5 Å². The smallest absolute Gasteiger partial charge is 0.277 e. The van der Waals surface area contributed by atoms with Crippen molar-refractivity contribution in [1.82, 2.24) is 0 Å². The van der Waals surface area contributed by atoms with Crippen molar-refractivity contribution >= 4 is 17.3 Å². The summed E-state index contributed by atoms with van der Waals surface area (Å²) >= 11 is 0. The summed E-state index contributed by atoms with van der Waals surface area (Å²) < 4.78 is 5.86. The molecule has 108 valence electrons. The van der Waals surface area contributed by atoms with Gasteiger partial charge in [0.2, 0.25) is 5.60 Å². The third-order valence-corrected chi connectivity index (χ3v) is 3.80. The van der Waals surface area contributed by atoms with Gasteiger partial charge in [0.1, 0.15) is 11.5 Å². The SMILES string of the molecule is O=C(Nc1ccccc1)C12C=C1C(=NO)c1ccccc1O2. The molecule has 22 heavy (non-hydrogen) atoms. The minimum absolute atomic E-state index is 0.302. The number of carbonyl (C=O) groups is 1. The summed E-state index contributed by atoms with van der Waals surface area (Å²) in [6.07, 6.45) is 1.67. The lowest BCUT2D eigenvalue weighted by molar-refractivity contribution is -0.123. The van der Waals surface area contributed by atoms with Crippen molar-refractivity contribution in [2.75, 3.05) is 5.32 Å². The maximum Gasteiger partial charge on any atom is 0.277 e. The first-order chi connectivity index (χ1) is 10.7. The highest BCUT2D eigenvalue weighted by Gasteiger charge is 2.59. The fourth-order valence-corrected chi connectivity index (χ4v) is 2.65. The van der Waals surface area contributed by atoms with E-state index >= 15 is 0 Å². The molecule has 0 radical (unpaired) electrons. The molecule has 1 unspecified atom stereocenters. The largest absolute Gasteiger partial charge is 0.468 e. The number of oxime groups is 1. The van der Waals surface area contributed by atoms with Crippen LogP contribution >= 0.6 is 0 Å². The maximum atomic E-state index is 12.6.